The summed E-state index contributed by atoms with van der Waals surface area (Å²) in [5.41, 5.74) is 0.721. The highest BCUT2D eigenvalue weighted by atomic mass is 32.2. The zero-order chi connectivity index (χ0) is 17.0. The summed E-state index contributed by atoms with van der Waals surface area (Å²) in [6.07, 6.45) is 0. The Kier molecular flexibility index (Phi) is 5.94. The Labute approximate surface area is 136 Å². The van der Waals surface area contributed by atoms with E-state index in [4.69, 9.17) is 0 Å². The average Bonchev–Trinajstić information content (AvgIpc) is 2.53. The van der Waals surface area contributed by atoms with E-state index < -0.39 is 15.6 Å². The number of halogens is 2. The van der Waals surface area contributed by atoms with Gasteiger partial charge in [-0.2, -0.15) is 8.78 Å². The maximum Gasteiger partial charge on any atom is 0.341 e. The molecule has 0 spiro atoms. The van der Waals surface area contributed by atoms with Crippen LogP contribution in [0.3, 0.4) is 0 Å². The van der Waals surface area contributed by atoms with Crippen LogP contribution in [0.1, 0.15) is 6.92 Å². The van der Waals surface area contributed by atoms with Crippen LogP contribution >= 0.6 is 0 Å². The Balaban J connectivity index is 1.89. The van der Waals surface area contributed by atoms with E-state index in [0.717, 1.165) is 31.9 Å². The van der Waals surface area contributed by atoms with Gasteiger partial charge in [-0.15, -0.1) is 0 Å². The number of sulfone groups is 1. The molecule has 0 aliphatic carbocycles. The summed E-state index contributed by atoms with van der Waals surface area (Å²) in [6, 6.07) is 5.81. The van der Waals surface area contributed by atoms with E-state index in [1.54, 1.807) is 0 Å². The Bertz CT molecular complexity index is 600. The van der Waals surface area contributed by atoms with Crippen LogP contribution in [0, 0.1) is 0 Å². The monoisotopic (exact) mass is 347 g/mol. The first kappa shape index (κ1) is 18.1. The summed E-state index contributed by atoms with van der Waals surface area (Å²) in [5, 5.41) is 3.22. The Morgan fingerprint density at radius 1 is 1.13 bits per heavy atom. The summed E-state index contributed by atoms with van der Waals surface area (Å²) < 4.78 is 47.7. The molecule has 1 atom stereocenters. The molecule has 23 heavy (non-hydrogen) atoms. The van der Waals surface area contributed by atoms with Gasteiger partial charge in [0.15, 0.2) is 0 Å². The molecule has 1 saturated heterocycles. The van der Waals surface area contributed by atoms with Gasteiger partial charge in [0.1, 0.15) is 0 Å². The van der Waals surface area contributed by atoms with Crippen molar-refractivity contribution < 1.29 is 17.2 Å². The van der Waals surface area contributed by atoms with Crippen LogP contribution in [-0.4, -0.2) is 69.8 Å². The largest absolute Gasteiger partial charge is 0.383 e. The molecule has 0 radical (unpaired) electrons. The summed E-state index contributed by atoms with van der Waals surface area (Å²) >= 11 is 0. The first-order chi connectivity index (χ1) is 10.8. The Morgan fingerprint density at radius 2 is 1.70 bits per heavy atom. The first-order valence-corrected chi connectivity index (χ1v) is 9.14. The molecule has 130 valence electrons. The molecule has 1 unspecified atom stereocenters. The van der Waals surface area contributed by atoms with E-state index in [1.807, 2.05) is 0 Å². The topological polar surface area (TPSA) is 52.7 Å². The Hall–Kier alpha value is -1.25. The van der Waals surface area contributed by atoms with Crippen molar-refractivity contribution in [2.75, 3.05) is 45.1 Å². The molecule has 1 N–H and O–H groups in total. The minimum atomic E-state index is -4.52. The van der Waals surface area contributed by atoms with Crippen LogP contribution in [0.25, 0.3) is 0 Å². The molecular formula is C15H23F2N3O2S. The number of hydrogen-bond donors (Lipinski definition) is 1. The smallest absolute Gasteiger partial charge is 0.341 e. The number of rotatable bonds is 6. The number of likely N-dealkylation sites (N-methyl/N-ethyl adjacent to an activating group) is 1. The predicted octanol–water partition coefficient (Wildman–Crippen LogP) is 1.73. The lowest BCUT2D eigenvalue weighted by molar-refractivity contribution is 0.123. The number of anilines is 1. The van der Waals surface area contributed by atoms with E-state index in [1.165, 1.54) is 24.3 Å². The van der Waals surface area contributed by atoms with Gasteiger partial charge in [-0.25, -0.2) is 8.42 Å². The fourth-order valence-electron chi connectivity index (χ4n) is 2.52. The normalized spacial score (nSPS) is 19.0. The summed E-state index contributed by atoms with van der Waals surface area (Å²) in [6.45, 7) is 6.98. The van der Waals surface area contributed by atoms with E-state index in [2.05, 4.69) is 29.1 Å². The van der Waals surface area contributed by atoms with Crippen LogP contribution in [-0.2, 0) is 9.84 Å². The number of benzene rings is 1. The van der Waals surface area contributed by atoms with Gasteiger partial charge in [-0.05, 0) is 38.2 Å². The second-order valence-corrected chi connectivity index (χ2v) is 7.82. The van der Waals surface area contributed by atoms with Crippen molar-refractivity contribution in [3.05, 3.63) is 24.3 Å². The van der Waals surface area contributed by atoms with Crippen LogP contribution in [0.4, 0.5) is 14.5 Å². The van der Waals surface area contributed by atoms with Crippen molar-refractivity contribution >= 4 is 15.5 Å². The molecule has 1 aliphatic heterocycles. The minimum Gasteiger partial charge on any atom is -0.383 e. The van der Waals surface area contributed by atoms with Gasteiger partial charge >= 0.3 is 5.76 Å². The maximum absolute atomic E-state index is 12.5. The molecule has 0 bridgehead atoms. The molecule has 1 aromatic rings. The lowest BCUT2D eigenvalue weighted by Gasteiger charge is -2.36. The van der Waals surface area contributed by atoms with Crippen LogP contribution in [0.5, 0.6) is 0 Å². The molecule has 1 heterocycles. The van der Waals surface area contributed by atoms with Gasteiger partial charge in [0.2, 0.25) is 9.84 Å². The third-order valence-electron chi connectivity index (χ3n) is 4.18. The molecule has 0 aromatic heterocycles. The number of hydrogen-bond acceptors (Lipinski definition) is 5. The number of alkyl halides is 2. The first-order valence-electron chi connectivity index (χ1n) is 7.59. The average molecular weight is 347 g/mol. The standard InChI is InChI=1S/C15H23F2N3O2S/c1-12(20-9-7-19(2)8-10-20)11-18-13-3-5-14(6-4-13)23(21,22)15(16)17/h3-6,12,15,18H,7-11H2,1-2H3. The molecule has 0 amide bonds. The highest BCUT2D eigenvalue weighted by Crippen LogP contribution is 2.20. The van der Waals surface area contributed by atoms with Gasteiger partial charge in [-0.1, -0.05) is 0 Å². The Morgan fingerprint density at radius 3 is 2.22 bits per heavy atom. The fraction of sp³-hybridized carbons (Fsp3) is 0.600. The van der Waals surface area contributed by atoms with E-state index in [0.29, 0.717) is 12.6 Å². The zero-order valence-electron chi connectivity index (χ0n) is 13.4. The minimum absolute atomic E-state index is 0.341. The highest BCUT2D eigenvalue weighted by Gasteiger charge is 2.26. The lowest BCUT2D eigenvalue weighted by Crippen LogP contribution is -2.49. The van der Waals surface area contributed by atoms with Crippen LogP contribution < -0.4 is 5.32 Å². The van der Waals surface area contributed by atoms with Gasteiger partial charge in [-0.3, -0.25) is 4.90 Å². The summed E-state index contributed by atoms with van der Waals surface area (Å²) in [4.78, 5) is 4.33. The maximum atomic E-state index is 12.5. The van der Waals surface area contributed by atoms with Gasteiger partial charge < -0.3 is 10.2 Å². The second-order valence-electron chi connectivity index (χ2n) is 5.90. The van der Waals surface area contributed by atoms with Crippen molar-refractivity contribution in [3.8, 4) is 0 Å². The number of nitrogens with one attached hydrogen (secondary N) is 1. The van der Waals surface area contributed by atoms with Crippen molar-refractivity contribution in [1.29, 1.82) is 0 Å². The van der Waals surface area contributed by atoms with Gasteiger partial charge in [0.25, 0.3) is 0 Å². The number of nitrogens with zero attached hydrogens (tertiary/aromatic N) is 2. The van der Waals surface area contributed by atoms with Crippen LogP contribution in [0.2, 0.25) is 0 Å². The molecular weight excluding hydrogens is 324 g/mol. The molecule has 1 aliphatic rings. The SMILES string of the molecule is CC(CNc1ccc(S(=O)(=O)C(F)F)cc1)N1CCN(C)CC1. The van der Waals surface area contributed by atoms with Crippen molar-refractivity contribution in [1.82, 2.24) is 9.80 Å². The second kappa shape index (κ2) is 7.55. The highest BCUT2D eigenvalue weighted by molar-refractivity contribution is 7.91. The van der Waals surface area contributed by atoms with Gasteiger partial charge in [0, 0.05) is 44.5 Å². The molecule has 8 heteroatoms. The molecule has 2 rings (SSSR count). The zero-order valence-corrected chi connectivity index (χ0v) is 14.2. The lowest BCUT2D eigenvalue weighted by atomic mass is 10.2. The van der Waals surface area contributed by atoms with Crippen molar-refractivity contribution in [2.24, 2.45) is 0 Å². The third-order valence-corrected chi connectivity index (χ3v) is 5.58. The van der Waals surface area contributed by atoms with Crippen molar-refractivity contribution in [2.45, 2.75) is 23.6 Å². The molecule has 0 saturated carbocycles. The van der Waals surface area contributed by atoms with Gasteiger partial charge in [0.05, 0.1) is 4.90 Å². The summed E-state index contributed by atoms with van der Waals surface area (Å²) in [7, 11) is -2.41. The van der Waals surface area contributed by atoms with E-state index in [-0.39, 0.29) is 4.90 Å². The quantitative estimate of drug-likeness (QED) is 0.849. The third kappa shape index (κ3) is 4.62. The number of piperazine rings is 1. The predicted molar refractivity (Wildman–Crippen MR) is 86.7 cm³/mol. The molecule has 5 nitrogen and oxygen atoms in total. The molecule has 1 aromatic carbocycles. The van der Waals surface area contributed by atoms with E-state index >= 15 is 0 Å². The van der Waals surface area contributed by atoms with Crippen LogP contribution in [0.15, 0.2) is 29.2 Å². The van der Waals surface area contributed by atoms with E-state index in [9.17, 15) is 17.2 Å². The summed E-state index contributed by atoms with van der Waals surface area (Å²) in [5.74, 6) is -3.39. The van der Waals surface area contributed by atoms with Crippen molar-refractivity contribution in [3.63, 3.8) is 0 Å². The molecule has 1 fully saturated rings. The fourth-order valence-corrected chi connectivity index (χ4v) is 3.24.